The molecular formula is C29H31P. The molecule has 1 heteroatoms. The van der Waals surface area contributed by atoms with E-state index >= 15 is 0 Å². The Labute approximate surface area is 182 Å². The second-order valence-corrected chi connectivity index (χ2v) is 11.1. The Bertz CT molecular complexity index is 944. The van der Waals surface area contributed by atoms with Gasteiger partial charge in [-0.05, 0) is 66.6 Å². The summed E-state index contributed by atoms with van der Waals surface area (Å²) in [7, 11) is -0.314. The molecular weight excluding hydrogens is 379 g/mol. The van der Waals surface area contributed by atoms with Crippen molar-refractivity contribution in [1.29, 1.82) is 0 Å². The number of benzene rings is 3. The molecule has 1 unspecified atom stereocenters. The first-order valence-electron chi connectivity index (χ1n) is 11.6. The summed E-state index contributed by atoms with van der Waals surface area (Å²) in [5.74, 6) is 1.37. The third kappa shape index (κ3) is 4.17. The zero-order valence-electron chi connectivity index (χ0n) is 17.7. The first-order valence-corrected chi connectivity index (χ1v) is 13.1. The minimum Gasteiger partial charge on any atom is -0.0729 e. The molecule has 0 aliphatic heterocycles. The Hall–Kier alpha value is -2.17. The van der Waals surface area contributed by atoms with Gasteiger partial charge < -0.3 is 0 Å². The lowest BCUT2D eigenvalue weighted by Gasteiger charge is -2.23. The van der Waals surface area contributed by atoms with E-state index < -0.39 is 0 Å². The molecule has 5 rings (SSSR count). The molecule has 0 aromatic heterocycles. The van der Waals surface area contributed by atoms with Gasteiger partial charge in [-0.15, -0.1) is 0 Å². The number of allylic oxidation sites excluding steroid dienone is 2. The van der Waals surface area contributed by atoms with Crippen LogP contribution in [0.15, 0.2) is 91.0 Å². The van der Waals surface area contributed by atoms with Crippen LogP contribution < -0.4 is 10.6 Å². The lowest BCUT2D eigenvalue weighted by molar-refractivity contribution is 0.429. The van der Waals surface area contributed by atoms with E-state index in [4.69, 9.17) is 0 Å². The summed E-state index contributed by atoms with van der Waals surface area (Å²) in [5, 5.41) is 3.00. The van der Waals surface area contributed by atoms with Gasteiger partial charge in [-0.1, -0.05) is 110 Å². The second kappa shape index (κ2) is 9.32. The molecule has 0 saturated heterocycles. The van der Waals surface area contributed by atoms with Gasteiger partial charge >= 0.3 is 0 Å². The van der Waals surface area contributed by atoms with Gasteiger partial charge in [0.25, 0.3) is 0 Å². The fraction of sp³-hybridized carbons (Fsp3) is 0.310. The van der Waals surface area contributed by atoms with Crippen LogP contribution >= 0.6 is 7.92 Å². The number of hydrogen-bond acceptors (Lipinski definition) is 0. The quantitative estimate of drug-likeness (QED) is 0.375. The average Bonchev–Trinajstić information content (AvgIpc) is 3.20. The van der Waals surface area contributed by atoms with Crippen molar-refractivity contribution >= 4 is 24.1 Å². The van der Waals surface area contributed by atoms with Crippen LogP contribution in [0.2, 0.25) is 0 Å². The van der Waals surface area contributed by atoms with E-state index in [0.29, 0.717) is 5.92 Å². The second-order valence-electron chi connectivity index (χ2n) is 8.76. The van der Waals surface area contributed by atoms with Crippen molar-refractivity contribution in [2.24, 2.45) is 5.92 Å². The van der Waals surface area contributed by atoms with Crippen molar-refractivity contribution in [3.63, 3.8) is 0 Å². The summed E-state index contributed by atoms with van der Waals surface area (Å²) in [6.45, 7) is 0. The SMILES string of the molecule is C1=C(C2CCCCC2)c2ccccc2C1CCP(c1ccccc1)c1ccccc1. The molecule has 0 spiro atoms. The first-order chi connectivity index (χ1) is 14.9. The van der Waals surface area contributed by atoms with Gasteiger partial charge in [0.1, 0.15) is 0 Å². The van der Waals surface area contributed by atoms with Crippen molar-refractivity contribution in [2.45, 2.75) is 44.4 Å². The maximum atomic E-state index is 2.66. The standard InChI is InChI=1S/C29H31P/c1-4-12-23(13-5-1)29-22-24(27-18-10-11-19-28(27)29)20-21-30(25-14-6-2-7-15-25)26-16-8-3-9-17-26/h2-3,6-11,14-19,22-24H,1,4-5,12-13,20-21H2. The van der Waals surface area contributed by atoms with Gasteiger partial charge in [-0.3, -0.25) is 0 Å². The van der Waals surface area contributed by atoms with Crippen LogP contribution in [-0.4, -0.2) is 6.16 Å². The molecule has 2 aliphatic rings. The van der Waals surface area contributed by atoms with Gasteiger partial charge in [0, 0.05) is 5.92 Å². The monoisotopic (exact) mass is 410 g/mol. The third-order valence-electron chi connectivity index (χ3n) is 6.90. The Kier molecular flexibility index (Phi) is 6.14. The highest BCUT2D eigenvalue weighted by atomic mass is 31.1. The maximum Gasteiger partial charge on any atom is 0.00337 e. The Morgan fingerprint density at radius 3 is 1.93 bits per heavy atom. The smallest absolute Gasteiger partial charge is 0.00337 e. The van der Waals surface area contributed by atoms with E-state index in [1.165, 1.54) is 55.3 Å². The molecule has 30 heavy (non-hydrogen) atoms. The van der Waals surface area contributed by atoms with Crippen LogP contribution in [0, 0.1) is 5.92 Å². The zero-order valence-corrected chi connectivity index (χ0v) is 18.6. The summed E-state index contributed by atoms with van der Waals surface area (Å²) < 4.78 is 0. The minimum absolute atomic E-state index is 0.314. The molecule has 152 valence electrons. The lowest BCUT2D eigenvalue weighted by atomic mass is 9.82. The van der Waals surface area contributed by atoms with Gasteiger partial charge in [-0.2, -0.15) is 0 Å². The Morgan fingerprint density at radius 1 is 0.667 bits per heavy atom. The van der Waals surface area contributed by atoms with Crippen LogP contribution in [0.3, 0.4) is 0 Å². The van der Waals surface area contributed by atoms with Crippen molar-refractivity contribution in [2.75, 3.05) is 6.16 Å². The number of hydrogen-bond donors (Lipinski definition) is 0. The van der Waals surface area contributed by atoms with Crippen LogP contribution in [-0.2, 0) is 0 Å². The van der Waals surface area contributed by atoms with E-state index in [0.717, 1.165) is 5.92 Å². The van der Waals surface area contributed by atoms with Crippen molar-refractivity contribution in [3.05, 3.63) is 102 Å². The highest BCUT2D eigenvalue weighted by Crippen LogP contribution is 2.47. The normalized spacial score (nSPS) is 19.0. The molecule has 3 aromatic carbocycles. The van der Waals surface area contributed by atoms with Crippen molar-refractivity contribution in [3.8, 4) is 0 Å². The van der Waals surface area contributed by atoms with E-state index in [1.54, 1.807) is 16.7 Å². The third-order valence-corrected chi connectivity index (χ3v) is 9.44. The Balaban J connectivity index is 1.40. The molecule has 0 amide bonds. The Morgan fingerprint density at radius 2 is 1.27 bits per heavy atom. The molecule has 0 nitrogen and oxygen atoms in total. The molecule has 0 bridgehead atoms. The van der Waals surface area contributed by atoms with Crippen molar-refractivity contribution in [1.82, 2.24) is 0 Å². The first kappa shape index (κ1) is 19.8. The lowest BCUT2D eigenvalue weighted by Crippen LogP contribution is -2.14. The predicted octanol–water partition coefficient (Wildman–Crippen LogP) is 7.27. The highest BCUT2D eigenvalue weighted by Gasteiger charge is 2.29. The van der Waals surface area contributed by atoms with E-state index in [2.05, 4.69) is 91.0 Å². The van der Waals surface area contributed by atoms with Crippen LogP contribution in [0.25, 0.3) is 5.57 Å². The highest BCUT2D eigenvalue weighted by molar-refractivity contribution is 7.73. The molecule has 1 atom stereocenters. The molecule has 3 aromatic rings. The molecule has 1 fully saturated rings. The summed E-state index contributed by atoms with van der Waals surface area (Å²) in [4.78, 5) is 0. The van der Waals surface area contributed by atoms with Gasteiger partial charge in [-0.25, -0.2) is 0 Å². The summed E-state index contributed by atoms with van der Waals surface area (Å²) >= 11 is 0. The predicted molar refractivity (Wildman–Crippen MR) is 132 cm³/mol. The molecule has 1 saturated carbocycles. The summed E-state index contributed by atoms with van der Waals surface area (Å²) in [5.41, 5.74) is 4.80. The van der Waals surface area contributed by atoms with Gasteiger partial charge in [0.2, 0.25) is 0 Å². The van der Waals surface area contributed by atoms with Crippen LogP contribution in [0.5, 0.6) is 0 Å². The minimum atomic E-state index is -0.314. The van der Waals surface area contributed by atoms with E-state index in [9.17, 15) is 0 Å². The fourth-order valence-corrected chi connectivity index (χ4v) is 7.79. The maximum absolute atomic E-state index is 2.66. The zero-order chi connectivity index (χ0) is 20.2. The topological polar surface area (TPSA) is 0 Å². The fourth-order valence-electron chi connectivity index (χ4n) is 5.38. The van der Waals surface area contributed by atoms with Crippen LogP contribution in [0.4, 0.5) is 0 Å². The van der Waals surface area contributed by atoms with Gasteiger partial charge in [0.05, 0.1) is 0 Å². The van der Waals surface area contributed by atoms with Crippen molar-refractivity contribution < 1.29 is 0 Å². The summed E-state index contributed by atoms with van der Waals surface area (Å²) in [6.07, 6.45) is 12.1. The van der Waals surface area contributed by atoms with Crippen LogP contribution in [0.1, 0.15) is 55.6 Å². The van der Waals surface area contributed by atoms with E-state index in [-0.39, 0.29) is 7.92 Å². The molecule has 0 heterocycles. The average molecular weight is 411 g/mol. The molecule has 0 N–H and O–H groups in total. The van der Waals surface area contributed by atoms with E-state index in [1.807, 2.05) is 0 Å². The number of rotatable bonds is 6. The number of fused-ring (bicyclic) bond motifs is 1. The summed E-state index contributed by atoms with van der Waals surface area (Å²) in [6, 6.07) is 31.6. The molecule has 2 aliphatic carbocycles. The molecule has 0 radical (unpaired) electrons. The van der Waals surface area contributed by atoms with Gasteiger partial charge in [0.15, 0.2) is 0 Å². The largest absolute Gasteiger partial charge is 0.0729 e.